The lowest BCUT2D eigenvalue weighted by atomic mass is 9.27. The molecule has 0 bridgehead atoms. The molecule has 0 heterocycles. The predicted octanol–water partition coefficient (Wildman–Crippen LogP) is -0.360. The number of hydrogen-bond acceptors (Lipinski definition) is 0. The summed E-state index contributed by atoms with van der Waals surface area (Å²) in [6.07, 6.45) is 1.34. The van der Waals surface area contributed by atoms with Gasteiger partial charge in [0.1, 0.15) is 0 Å². The van der Waals surface area contributed by atoms with Crippen LogP contribution in [0.5, 0.6) is 0 Å². The Bertz CT molecular complexity index is 38.0. The van der Waals surface area contributed by atoms with Crippen LogP contribution in [0.15, 0.2) is 0 Å². The molecule has 0 amide bonds. The first-order valence-electron chi connectivity index (χ1n) is 3.07. The van der Waals surface area contributed by atoms with Crippen molar-refractivity contribution in [3.8, 4) is 0 Å². The fourth-order valence-electron chi connectivity index (χ4n) is 0.354. The van der Waals surface area contributed by atoms with Gasteiger partial charge in [-0.1, -0.05) is 13.2 Å². The van der Waals surface area contributed by atoms with Crippen molar-refractivity contribution in [2.45, 2.75) is 13.2 Å². The monoisotopic (exact) mass is 134 g/mol. The van der Waals surface area contributed by atoms with Crippen LogP contribution in [-0.2, 0) is 0 Å². The molecule has 0 saturated heterocycles. The second-order valence-electron chi connectivity index (χ2n) is 1.60. The minimum Gasteiger partial charge on any atom is -0.254 e. The summed E-state index contributed by atoms with van der Waals surface area (Å²) in [5.41, 5.74) is 0. The fourth-order valence-corrected chi connectivity index (χ4v) is 0.354. The zero-order valence-electron chi connectivity index (χ0n) is 5.83. The fraction of sp³-hybridized carbons (Fsp3) is 1.00. The van der Waals surface area contributed by atoms with Gasteiger partial charge in [-0.25, -0.2) is 0 Å². The summed E-state index contributed by atoms with van der Waals surface area (Å²) >= 11 is 0. The van der Waals surface area contributed by atoms with Crippen LogP contribution in [0.3, 0.4) is 0 Å². The summed E-state index contributed by atoms with van der Waals surface area (Å²) in [6, 6.07) is 0. The minimum absolute atomic E-state index is 1.34. The summed E-state index contributed by atoms with van der Waals surface area (Å²) in [5, 5.41) is 0. The second-order valence-corrected chi connectivity index (χ2v) is 1.60. The van der Waals surface area contributed by atoms with Gasteiger partial charge in [0.2, 0.25) is 0 Å². The predicted molar refractivity (Wildman–Crippen MR) is 42.4 cm³/mol. The van der Waals surface area contributed by atoms with Crippen molar-refractivity contribution in [3.05, 3.63) is 0 Å². The first-order chi connectivity index (χ1) is 4.15. The Morgan fingerprint density at radius 1 is 1.44 bits per heavy atom. The molecule has 9 heavy (non-hydrogen) atoms. The normalized spacial score (nSPS) is 6.67. The van der Waals surface area contributed by atoms with Gasteiger partial charge >= 0.3 is 7.54 Å². The van der Waals surface area contributed by atoms with E-state index in [1.165, 1.54) is 20.6 Å². The van der Waals surface area contributed by atoms with E-state index in [0.29, 0.717) is 0 Å². The first kappa shape index (κ1) is 11.8. The zero-order chi connectivity index (χ0) is 7.70. The highest BCUT2D eigenvalue weighted by Crippen LogP contribution is 1.80. The standard InChI is InChI=1S/C2H9B3.BF3/c1-2-4-5-3;2-1(3)4/h4-5H,2-3H2,1H3;. The Hall–Kier alpha value is 0.0497. The largest absolute Gasteiger partial charge is 0.762 e. The Morgan fingerprint density at radius 3 is 1.78 bits per heavy atom. The average molecular weight is 133 g/mol. The van der Waals surface area contributed by atoms with E-state index < -0.39 is 7.54 Å². The van der Waals surface area contributed by atoms with Crippen LogP contribution < -0.4 is 0 Å². The summed E-state index contributed by atoms with van der Waals surface area (Å²) in [6.45, 7) is 2.21. The summed E-state index contributed by atoms with van der Waals surface area (Å²) in [4.78, 5) is 0. The van der Waals surface area contributed by atoms with E-state index in [2.05, 4.69) is 14.7 Å². The van der Waals surface area contributed by atoms with Gasteiger partial charge in [-0.3, -0.25) is 12.9 Å². The van der Waals surface area contributed by atoms with Crippen molar-refractivity contribution in [1.82, 2.24) is 0 Å². The van der Waals surface area contributed by atoms with Gasteiger partial charge in [0.05, 0.1) is 22.0 Å². The Balaban J connectivity index is 0. The van der Waals surface area contributed by atoms with Gasteiger partial charge in [-0.15, -0.1) is 0 Å². The maximum absolute atomic E-state index is 9.67. The molecule has 0 unspecified atom stereocenters. The van der Waals surface area contributed by atoms with Crippen LogP contribution in [-0.4, -0.2) is 29.5 Å². The quantitative estimate of drug-likeness (QED) is 0.451. The van der Waals surface area contributed by atoms with E-state index in [1.54, 1.807) is 0 Å². The number of halogens is 3. The lowest BCUT2D eigenvalue weighted by Crippen LogP contribution is -1.98. The molecule has 7 heteroatoms. The van der Waals surface area contributed by atoms with Crippen molar-refractivity contribution < 1.29 is 12.9 Å². The van der Waals surface area contributed by atoms with E-state index in [1.807, 2.05) is 0 Å². The van der Waals surface area contributed by atoms with Crippen LogP contribution in [0.2, 0.25) is 6.32 Å². The highest BCUT2D eigenvalue weighted by atomic mass is 19.4. The topological polar surface area (TPSA) is 0 Å². The summed E-state index contributed by atoms with van der Waals surface area (Å²) in [5.74, 6) is 0. The van der Waals surface area contributed by atoms with E-state index >= 15 is 0 Å². The maximum atomic E-state index is 9.67. The minimum atomic E-state index is -3.67. The number of hydrogen-bond donors (Lipinski definition) is 0. The van der Waals surface area contributed by atoms with Gasteiger partial charge in [0.25, 0.3) is 0 Å². The van der Waals surface area contributed by atoms with Gasteiger partial charge in [0, 0.05) is 0 Å². The van der Waals surface area contributed by atoms with Crippen LogP contribution in [0, 0.1) is 0 Å². The lowest BCUT2D eigenvalue weighted by molar-refractivity contribution is 0.535. The van der Waals surface area contributed by atoms with Crippen LogP contribution in [0.4, 0.5) is 12.9 Å². The van der Waals surface area contributed by atoms with Gasteiger partial charge in [0.15, 0.2) is 0 Å². The molecule has 0 atom stereocenters. The van der Waals surface area contributed by atoms with E-state index in [0.717, 1.165) is 0 Å². The van der Waals surface area contributed by atoms with E-state index in [9.17, 15) is 12.9 Å². The molecular formula is C2H9B4F3. The first-order valence-corrected chi connectivity index (χ1v) is 3.07. The smallest absolute Gasteiger partial charge is 0.254 e. The van der Waals surface area contributed by atoms with Gasteiger partial charge < -0.3 is 0 Å². The summed E-state index contributed by atoms with van der Waals surface area (Å²) in [7, 11) is 1.28. The Morgan fingerprint density at radius 2 is 1.78 bits per heavy atom. The molecule has 0 fully saturated rings. The third-order valence-corrected chi connectivity index (χ3v) is 0.707. The zero-order valence-corrected chi connectivity index (χ0v) is 5.83. The van der Waals surface area contributed by atoms with Gasteiger partial charge in [-0.05, 0) is 0 Å². The molecule has 0 saturated carbocycles. The highest BCUT2D eigenvalue weighted by Gasteiger charge is 2.06. The van der Waals surface area contributed by atoms with Crippen molar-refractivity contribution in [1.29, 1.82) is 0 Å². The molecule has 0 aliphatic carbocycles. The molecule has 50 valence electrons. The van der Waals surface area contributed by atoms with Crippen LogP contribution in [0.1, 0.15) is 6.92 Å². The van der Waals surface area contributed by atoms with Crippen molar-refractivity contribution in [2.75, 3.05) is 0 Å². The molecule has 0 aliphatic heterocycles. The SMILES string of the molecule is BBBCC.FB(F)F. The molecular weight excluding hydrogens is 124 g/mol. The highest BCUT2D eigenvalue weighted by molar-refractivity contribution is 7.23. The maximum Gasteiger partial charge on any atom is 0.762 e. The second kappa shape index (κ2) is 10.9. The third-order valence-electron chi connectivity index (χ3n) is 0.707. The third kappa shape index (κ3) is 70.1. The molecule has 0 N–H and O–H groups in total. The van der Waals surface area contributed by atoms with E-state index in [-0.39, 0.29) is 0 Å². The van der Waals surface area contributed by atoms with Crippen LogP contribution in [0.25, 0.3) is 0 Å². The molecule has 0 aromatic rings. The average Bonchev–Trinajstić information content (AvgIpc) is 1.66. The van der Waals surface area contributed by atoms with E-state index in [4.69, 9.17) is 0 Å². The molecule has 0 aromatic carbocycles. The van der Waals surface area contributed by atoms with Crippen LogP contribution >= 0.6 is 0 Å². The Kier molecular flexibility index (Phi) is 14.3. The molecule has 0 radical (unpaired) electrons. The molecule has 0 nitrogen and oxygen atoms in total. The molecule has 0 spiro atoms. The molecule has 0 aromatic heterocycles. The molecule has 0 aliphatic rings. The van der Waals surface area contributed by atoms with Crippen molar-refractivity contribution in [2.24, 2.45) is 0 Å². The summed E-state index contributed by atoms with van der Waals surface area (Å²) < 4.78 is 29.0. The van der Waals surface area contributed by atoms with Crippen molar-refractivity contribution >= 4 is 29.5 Å². The Labute approximate surface area is 56.7 Å². The van der Waals surface area contributed by atoms with Crippen molar-refractivity contribution in [3.63, 3.8) is 0 Å². The lowest BCUT2D eigenvalue weighted by Gasteiger charge is -1.72. The number of rotatable bonds is 2. The molecule has 0 rings (SSSR count). The van der Waals surface area contributed by atoms with Gasteiger partial charge in [-0.2, -0.15) is 0 Å².